The summed E-state index contributed by atoms with van der Waals surface area (Å²) in [7, 11) is 0. The van der Waals surface area contributed by atoms with Gasteiger partial charge in [-0.15, -0.1) is 11.6 Å². The van der Waals surface area contributed by atoms with Crippen molar-refractivity contribution >= 4 is 35.1 Å². The summed E-state index contributed by atoms with van der Waals surface area (Å²) in [4.78, 5) is 44.5. The van der Waals surface area contributed by atoms with E-state index in [1.807, 2.05) is 0 Å². The predicted octanol–water partition coefficient (Wildman–Crippen LogP) is 1.22. The van der Waals surface area contributed by atoms with E-state index < -0.39 is 29.4 Å². The van der Waals surface area contributed by atoms with Crippen LogP contribution in [0.1, 0.15) is 22.0 Å². The highest BCUT2D eigenvalue weighted by Gasteiger charge is 2.38. The van der Waals surface area contributed by atoms with Crippen LogP contribution in [0.4, 0.5) is 15.0 Å². The van der Waals surface area contributed by atoms with E-state index in [1.165, 1.54) is 23.0 Å². The third-order valence-corrected chi connectivity index (χ3v) is 4.54. The number of nitrogens with one attached hydrogen (secondary N) is 2. The van der Waals surface area contributed by atoms with Crippen LogP contribution in [0.25, 0.3) is 5.65 Å². The van der Waals surface area contributed by atoms with E-state index >= 15 is 0 Å². The van der Waals surface area contributed by atoms with E-state index in [4.69, 9.17) is 16.3 Å². The van der Waals surface area contributed by atoms with Crippen molar-refractivity contribution in [3.63, 3.8) is 0 Å². The number of H-pyrrole nitrogens is 1. The molecule has 0 radical (unpaired) electrons. The Morgan fingerprint density at radius 2 is 2.28 bits per heavy atom. The molecule has 1 saturated heterocycles. The Kier molecular flexibility index (Phi) is 4.89. The van der Waals surface area contributed by atoms with Crippen molar-refractivity contribution in [2.24, 2.45) is 0 Å². The number of hydrogen-bond donors (Lipinski definition) is 2. The van der Waals surface area contributed by atoms with Crippen LogP contribution in [0.2, 0.25) is 0 Å². The minimum absolute atomic E-state index is 0.0195. The van der Waals surface area contributed by atoms with Crippen molar-refractivity contribution in [2.45, 2.75) is 6.04 Å². The maximum Gasteiger partial charge on any atom is 0.416 e. The maximum absolute atomic E-state index is 13.6. The number of cyclic esters (lactones) is 1. The highest BCUT2D eigenvalue weighted by atomic mass is 35.5. The molecule has 29 heavy (non-hydrogen) atoms. The van der Waals surface area contributed by atoms with E-state index in [0.29, 0.717) is 0 Å². The van der Waals surface area contributed by atoms with Gasteiger partial charge in [-0.2, -0.15) is 5.10 Å². The van der Waals surface area contributed by atoms with Crippen LogP contribution in [0.3, 0.4) is 0 Å². The van der Waals surface area contributed by atoms with Gasteiger partial charge < -0.3 is 15.0 Å². The molecule has 4 heterocycles. The molecular formula is C17H14ClFN6O4. The molecule has 1 fully saturated rings. The molecule has 0 saturated carbocycles. The standard InChI is InChI=1S/C17H14ClFN6O4/c18-2-3-20-16(27)11-7-22-24-4-1-13(23-14(11)24)25-12(8-29-17(25)28)10-5-9(19)6-21-15(10)26/h1,4-7,12H,2-3,8H2,(H,20,27)(H,21,26). The first-order chi connectivity index (χ1) is 14.0. The fourth-order valence-electron chi connectivity index (χ4n) is 3.03. The number of aromatic amines is 1. The van der Waals surface area contributed by atoms with Crippen molar-refractivity contribution in [3.05, 3.63) is 58.0 Å². The van der Waals surface area contributed by atoms with Crippen molar-refractivity contribution in [1.29, 1.82) is 0 Å². The minimum Gasteiger partial charge on any atom is -0.447 e. The Bertz CT molecular complexity index is 1160. The van der Waals surface area contributed by atoms with E-state index in [0.717, 1.165) is 17.2 Å². The van der Waals surface area contributed by atoms with Gasteiger partial charge >= 0.3 is 6.09 Å². The number of aromatic nitrogens is 4. The van der Waals surface area contributed by atoms with Gasteiger partial charge in [0.25, 0.3) is 11.5 Å². The van der Waals surface area contributed by atoms with Crippen LogP contribution >= 0.6 is 11.6 Å². The largest absolute Gasteiger partial charge is 0.447 e. The lowest BCUT2D eigenvalue weighted by Gasteiger charge is -2.20. The number of ether oxygens (including phenoxy) is 1. The molecule has 12 heteroatoms. The normalized spacial score (nSPS) is 16.3. The van der Waals surface area contributed by atoms with Crippen molar-refractivity contribution in [2.75, 3.05) is 23.9 Å². The lowest BCUT2D eigenvalue weighted by Crippen LogP contribution is -2.32. The van der Waals surface area contributed by atoms with Crippen LogP contribution in [0.5, 0.6) is 0 Å². The molecule has 1 unspecified atom stereocenters. The number of hydrogen-bond acceptors (Lipinski definition) is 6. The van der Waals surface area contributed by atoms with Gasteiger partial charge in [0.2, 0.25) is 0 Å². The summed E-state index contributed by atoms with van der Waals surface area (Å²) >= 11 is 5.59. The topological polar surface area (TPSA) is 122 Å². The molecule has 1 atom stereocenters. The van der Waals surface area contributed by atoms with Crippen LogP contribution in [-0.4, -0.2) is 50.6 Å². The number of rotatable bonds is 5. The summed E-state index contributed by atoms with van der Waals surface area (Å²) in [5, 5.41) is 6.67. The average molecular weight is 421 g/mol. The number of pyridine rings is 1. The van der Waals surface area contributed by atoms with Crippen molar-refractivity contribution in [3.8, 4) is 0 Å². The second-order valence-corrected chi connectivity index (χ2v) is 6.50. The lowest BCUT2D eigenvalue weighted by molar-refractivity contribution is 0.0957. The SMILES string of the molecule is O=C(NCCCl)c1cnn2ccc(N3C(=O)OCC3c3cc(F)c[nH]c3=O)nc12. The highest BCUT2D eigenvalue weighted by molar-refractivity contribution is 6.18. The minimum atomic E-state index is -0.881. The number of carbonyl (C=O) groups excluding carboxylic acids is 2. The van der Waals surface area contributed by atoms with Gasteiger partial charge in [-0.1, -0.05) is 0 Å². The zero-order valence-electron chi connectivity index (χ0n) is 14.8. The molecule has 3 aromatic rings. The Morgan fingerprint density at radius 1 is 1.45 bits per heavy atom. The first kappa shape index (κ1) is 18.9. The van der Waals surface area contributed by atoms with Gasteiger partial charge in [0.05, 0.1) is 6.20 Å². The van der Waals surface area contributed by atoms with Gasteiger partial charge in [0.15, 0.2) is 5.65 Å². The number of fused-ring (bicyclic) bond motifs is 1. The van der Waals surface area contributed by atoms with Gasteiger partial charge in [-0.3, -0.25) is 14.5 Å². The summed E-state index contributed by atoms with van der Waals surface area (Å²) in [6.07, 6.45) is 3.03. The average Bonchev–Trinajstić information content (AvgIpc) is 3.31. The number of anilines is 1. The molecule has 0 bridgehead atoms. The Morgan fingerprint density at radius 3 is 3.07 bits per heavy atom. The maximum atomic E-state index is 13.6. The van der Waals surface area contributed by atoms with E-state index in [1.54, 1.807) is 0 Å². The van der Waals surface area contributed by atoms with Gasteiger partial charge in [-0.25, -0.2) is 18.7 Å². The third kappa shape index (κ3) is 3.40. The molecule has 150 valence electrons. The summed E-state index contributed by atoms with van der Waals surface area (Å²) in [5.41, 5.74) is -0.150. The lowest BCUT2D eigenvalue weighted by atomic mass is 10.1. The number of halogens is 2. The predicted molar refractivity (Wildman–Crippen MR) is 99.6 cm³/mol. The van der Waals surface area contributed by atoms with E-state index in [9.17, 15) is 18.8 Å². The monoisotopic (exact) mass is 420 g/mol. The fourth-order valence-corrected chi connectivity index (χ4v) is 3.13. The van der Waals surface area contributed by atoms with Crippen molar-refractivity contribution in [1.82, 2.24) is 24.9 Å². The van der Waals surface area contributed by atoms with Crippen LogP contribution in [0.15, 0.2) is 35.5 Å². The number of amides is 2. The summed E-state index contributed by atoms with van der Waals surface area (Å²) < 4.78 is 20.1. The summed E-state index contributed by atoms with van der Waals surface area (Å²) in [5.74, 6) is -0.711. The van der Waals surface area contributed by atoms with Crippen LogP contribution < -0.4 is 15.8 Å². The molecule has 4 rings (SSSR count). The van der Waals surface area contributed by atoms with Gasteiger partial charge in [0.1, 0.15) is 29.8 Å². The molecule has 10 nitrogen and oxygen atoms in total. The second kappa shape index (κ2) is 7.51. The smallest absolute Gasteiger partial charge is 0.416 e. The molecule has 3 aromatic heterocycles. The molecule has 2 amide bonds. The third-order valence-electron chi connectivity index (χ3n) is 4.35. The van der Waals surface area contributed by atoms with Gasteiger partial charge in [0, 0.05) is 30.4 Å². The zero-order chi connectivity index (χ0) is 20.5. The molecule has 0 aromatic carbocycles. The Labute approximate surface area is 167 Å². The second-order valence-electron chi connectivity index (χ2n) is 6.12. The Balaban J connectivity index is 1.76. The first-order valence-electron chi connectivity index (χ1n) is 8.52. The zero-order valence-corrected chi connectivity index (χ0v) is 15.5. The molecular weight excluding hydrogens is 407 g/mol. The number of nitrogens with zero attached hydrogens (tertiary/aromatic N) is 4. The van der Waals surface area contributed by atoms with Crippen molar-refractivity contribution < 1.29 is 18.7 Å². The van der Waals surface area contributed by atoms with E-state index in [-0.39, 0.29) is 41.6 Å². The molecule has 1 aliphatic rings. The van der Waals surface area contributed by atoms with Gasteiger partial charge in [-0.05, 0) is 12.1 Å². The fraction of sp³-hybridized carbons (Fsp3) is 0.235. The summed E-state index contributed by atoms with van der Waals surface area (Å²) in [6, 6.07) is 1.64. The summed E-state index contributed by atoms with van der Waals surface area (Å²) in [6.45, 7) is 0.112. The molecule has 0 spiro atoms. The first-order valence-corrected chi connectivity index (χ1v) is 9.05. The number of carbonyl (C=O) groups is 2. The number of alkyl halides is 1. The van der Waals surface area contributed by atoms with Crippen LogP contribution in [-0.2, 0) is 4.74 Å². The van der Waals surface area contributed by atoms with Crippen LogP contribution in [0, 0.1) is 5.82 Å². The van der Waals surface area contributed by atoms with E-state index in [2.05, 4.69) is 20.4 Å². The Hall–Kier alpha value is -3.47. The molecule has 2 N–H and O–H groups in total. The molecule has 1 aliphatic heterocycles. The highest BCUT2D eigenvalue weighted by Crippen LogP contribution is 2.31. The molecule has 0 aliphatic carbocycles. The quantitative estimate of drug-likeness (QED) is 0.598.